The van der Waals surface area contributed by atoms with Gasteiger partial charge in [-0.2, -0.15) is 8.78 Å². The molecule has 0 fully saturated rings. The van der Waals surface area contributed by atoms with Crippen LogP contribution >= 0.6 is 11.8 Å². The normalized spacial score (nSPS) is 11.1. The van der Waals surface area contributed by atoms with Crippen LogP contribution < -0.4 is 10.1 Å². The summed E-state index contributed by atoms with van der Waals surface area (Å²) in [5, 5.41) is 3.33. The van der Waals surface area contributed by atoms with Crippen molar-refractivity contribution in [2.75, 3.05) is 6.26 Å². The average molecular weight is 381 g/mol. The van der Waals surface area contributed by atoms with Crippen LogP contribution in [0.3, 0.4) is 0 Å². The Kier molecular flexibility index (Phi) is 6.90. The number of benzene rings is 1. The van der Waals surface area contributed by atoms with Crippen LogP contribution in [0.5, 0.6) is 5.75 Å². The van der Waals surface area contributed by atoms with Gasteiger partial charge in [0.15, 0.2) is 0 Å². The van der Waals surface area contributed by atoms with Gasteiger partial charge in [-0.15, -0.1) is 11.8 Å². The van der Waals surface area contributed by atoms with Crippen molar-refractivity contribution in [1.82, 2.24) is 15.3 Å². The highest BCUT2D eigenvalue weighted by molar-refractivity contribution is 7.98. The van der Waals surface area contributed by atoms with Crippen LogP contribution in [0.15, 0.2) is 29.3 Å². The summed E-state index contributed by atoms with van der Waals surface area (Å²) in [4.78, 5) is 21.5. The third-order valence-corrected chi connectivity index (χ3v) is 4.32. The number of carbonyl (C=O) groups excluding carboxylic acids is 1. The fraction of sp³-hybridized carbons (Fsp3) is 0.389. The second-order valence-electron chi connectivity index (χ2n) is 5.88. The van der Waals surface area contributed by atoms with E-state index in [1.54, 1.807) is 25.1 Å². The van der Waals surface area contributed by atoms with Crippen LogP contribution in [0.2, 0.25) is 0 Å². The Morgan fingerprint density at radius 2 is 1.96 bits per heavy atom. The summed E-state index contributed by atoms with van der Waals surface area (Å²) in [5.74, 6) is 0.513. The molecule has 0 saturated heterocycles. The van der Waals surface area contributed by atoms with E-state index in [0.717, 1.165) is 0 Å². The van der Waals surface area contributed by atoms with Gasteiger partial charge < -0.3 is 10.1 Å². The summed E-state index contributed by atoms with van der Waals surface area (Å²) in [6.07, 6.45) is 1.84. The molecule has 140 valence electrons. The molecular formula is C18H21F2N3O2S. The van der Waals surface area contributed by atoms with E-state index in [-0.39, 0.29) is 24.1 Å². The number of rotatable bonds is 7. The maximum Gasteiger partial charge on any atom is 0.387 e. The Balaban J connectivity index is 2.21. The molecule has 0 aliphatic heterocycles. The maximum absolute atomic E-state index is 12.6. The fourth-order valence-electron chi connectivity index (χ4n) is 2.36. The number of para-hydroxylation sites is 1. The summed E-state index contributed by atoms with van der Waals surface area (Å²) in [6, 6.07) is 6.35. The number of thioether (sulfide) groups is 1. The van der Waals surface area contributed by atoms with Gasteiger partial charge >= 0.3 is 6.61 Å². The lowest BCUT2D eigenvalue weighted by Gasteiger charge is -2.14. The molecule has 0 atom stereocenters. The number of hydrogen-bond acceptors (Lipinski definition) is 5. The monoisotopic (exact) mass is 381 g/mol. The number of amides is 1. The maximum atomic E-state index is 12.6. The molecule has 26 heavy (non-hydrogen) atoms. The molecule has 5 nitrogen and oxygen atoms in total. The first-order valence-corrected chi connectivity index (χ1v) is 9.29. The number of halogens is 2. The largest absolute Gasteiger partial charge is 0.434 e. The number of nitrogens with one attached hydrogen (secondary N) is 1. The predicted octanol–water partition coefficient (Wildman–Crippen LogP) is 4.16. The van der Waals surface area contributed by atoms with Gasteiger partial charge in [0.2, 0.25) is 0 Å². The van der Waals surface area contributed by atoms with E-state index in [1.165, 1.54) is 17.8 Å². The molecule has 0 aliphatic carbocycles. The second-order valence-corrected chi connectivity index (χ2v) is 6.67. The van der Waals surface area contributed by atoms with Crippen LogP contribution in [-0.2, 0) is 6.54 Å². The minimum atomic E-state index is -2.92. The van der Waals surface area contributed by atoms with E-state index in [1.807, 2.05) is 20.1 Å². The second kappa shape index (κ2) is 8.93. The summed E-state index contributed by atoms with van der Waals surface area (Å²) in [6.45, 7) is 2.86. The third-order valence-electron chi connectivity index (χ3n) is 3.64. The van der Waals surface area contributed by atoms with E-state index in [2.05, 4.69) is 20.0 Å². The minimum absolute atomic E-state index is 0.0380. The fourth-order valence-corrected chi connectivity index (χ4v) is 2.99. The number of hydrogen-bond donors (Lipinski definition) is 1. The zero-order valence-corrected chi connectivity index (χ0v) is 15.9. The molecule has 2 rings (SSSR count). The summed E-state index contributed by atoms with van der Waals surface area (Å²) < 4.78 is 29.5. The van der Waals surface area contributed by atoms with Gasteiger partial charge in [0, 0.05) is 18.0 Å². The molecule has 1 N–H and O–H groups in total. The topological polar surface area (TPSA) is 64.1 Å². The Hall–Kier alpha value is -2.22. The Morgan fingerprint density at radius 1 is 1.27 bits per heavy atom. The van der Waals surface area contributed by atoms with Crippen LogP contribution in [0, 0.1) is 6.92 Å². The first-order valence-electron chi connectivity index (χ1n) is 8.07. The van der Waals surface area contributed by atoms with Crippen molar-refractivity contribution in [3.8, 4) is 5.75 Å². The smallest absolute Gasteiger partial charge is 0.387 e. The molecule has 0 spiro atoms. The number of nitrogens with zero attached hydrogens (tertiary/aromatic N) is 2. The van der Waals surface area contributed by atoms with Gasteiger partial charge in [0.25, 0.3) is 5.91 Å². The third kappa shape index (κ3) is 4.91. The van der Waals surface area contributed by atoms with Gasteiger partial charge in [-0.3, -0.25) is 4.79 Å². The SMILES string of the molecule is CSc1nc(C(C)C)nc(C)c1C(=O)NCc1ccccc1OC(F)F. The zero-order chi connectivity index (χ0) is 19.3. The van der Waals surface area contributed by atoms with Crippen LogP contribution in [-0.4, -0.2) is 28.7 Å². The molecule has 0 saturated carbocycles. The Bertz CT molecular complexity index is 785. The standard InChI is InChI=1S/C18H21F2N3O2S/c1-10(2)15-22-11(3)14(17(23-15)26-4)16(24)21-9-12-7-5-6-8-13(12)25-18(19)20/h5-8,10,18H,9H2,1-4H3,(H,21,24). The van der Waals surface area contributed by atoms with Crippen LogP contribution in [0.25, 0.3) is 0 Å². The molecule has 2 aromatic rings. The van der Waals surface area contributed by atoms with E-state index >= 15 is 0 Å². The van der Waals surface area contributed by atoms with E-state index < -0.39 is 6.61 Å². The lowest BCUT2D eigenvalue weighted by atomic mass is 10.1. The van der Waals surface area contributed by atoms with Crippen molar-refractivity contribution in [2.45, 2.75) is 44.9 Å². The van der Waals surface area contributed by atoms with Gasteiger partial charge in [-0.25, -0.2) is 9.97 Å². The highest BCUT2D eigenvalue weighted by Gasteiger charge is 2.19. The number of ether oxygens (including phenoxy) is 1. The van der Waals surface area contributed by atoms with Gasteiger partial charge in [-0.05, 0) is 19.2 Å². The van der Waals surface area contributed by atoms with E-state index in [0.29, 0.717) is 27.7 Å². The number of aryl methyl sites for hydroxylation is 1. The van der Waals surface area contributed by atoms with Gasteiger partial charge in [0.05, 0.1) is 11.3 Å². The molecule has 1 aromatic carbocycles. The van der Waals surface area contributed by atoms with Crippen LogP contribution in [0.4, 0.5) is 8.78 Å². The van der Waals surface area contributed by atoms with Crippen molar-refractivity contribution in [1.29, 1.82) is 0 Å². The van der Waals surface area contributed by atoms with Crippen molar-refractivity contribution in [2.24, 2.45) is 0 Å². The molecule has 0 unspecified atom stereocenters. The lowest BCUT2D eigenvalue weighted by molar-refractivity contribution is -0.0504. The van der Waals surface area contributed by atoms with E-state index in [9.17, 15) is 13.6 Å². The highest BCUT2D eigenvalue weighted by Crippen LogP contribution is 2.24. The Morgan fingerprint density at radius 3 is 2.58 bits per heavy atom. The molecule has 1 aromatic heterocycles. The van der Waals surface area contributed by atoms with Crippen molar-refractivity contribution >= 4 is 17.7 Å². The first-order chi connectivity index (χ1) is 12.3. The van der Waals surface area contributed by atoms with Crippen LogP contribution in [0.1, 0.15) is 47.2 Å². The van der Waals surface area contributed by atoms with Crippen molar-refractivity contribution < 1.29 is 18.3 Å². The van der Waals surface area contributed by atoms with Gasteiger partial charge in [0.1, 0.15) is 16.6 Å². The molecule has 1 heterocycles. The Labute approximate surface area is 155 Å². The molecule has 1 amide bonds. The number of aromatic nitrogens is 2. The summed E-state index contributed by atoms with van der Waals surface area (Å²) >= 11 is 1.37. The van der Waals surface area contributed by atoms with E-state index in [4.69, 9.17) is 0 Å². The first kappa shape index (κ1) is 20.1. The molecule has 8 heteroatoms. The predicted molar refractivity (Wildman–Crippen MR) is 96.9 cm³/mol. The lowest BCUT2D eigenvalue weighted by Crippen LogP contribution is -2.26. The quantitative estimate of drug-likeness (QED) is 0.576. The minimum Gasteiger partial charge on any atom is -0.434 e. The number of alkyl halides is 2. The summed E-state index contributed by atoms with van der Waals surface area (Å²) in [7, 11) is 0. The molecule has 0 aliphatic rings. The number of carbonyl (C=O) groups is 1. The van der Waals surface area contributed by atoms with Crippen molar-refractivity contribution in [3.05, 3.63) is 46.9 Å². The summed E-state index contributed by atoms with van der Waals surface area (Å²) in [5.41, 5.74) is 1.45. The molecule has 0 bridgehead atoms. The average Bonchev–Trinajstić information content (AvgIpc) is 2.59. The van der Waals surface area contributed by atoms with Crippen molar-refractivity contribution in [3.63, 3.8) is 0 Å². The van der Waals surface area contributed by atoms with Gasteiger partial charge in [-0.1, -0.05) is 32.0 Å². The highest BCUT2D eigenvalue weighted by atomic mass is 32.2. The zero-order valence-electron chi connectivity index (χ0n) is 15.0. The molecular weight excluding hydrogens is 360 g/mol. The molecule has 0 radical (unpaired) electrons.